The van der Waals surface area contributed by atoms with E-state index in [9.17, 15) is 26.9 Å². The lowest BCUT2D eigenvalue weighted by Crippen LogP contribution is -2.40. The van der Waals surface area contributed by atoms with Crippen LogP contribution < -0.4 is 18.9 Å². The van der Waals surface area contributed by atoms with Gasteiger partial charge in [0, 0.05) is 17.6 Å². The number of ether oxygens (including phenoxy) is 3. The number of nitriles is 1. The molecule has 43 heavy (non-hydrogen) atoms. The van der Waals surface area contributed by atoms with Gasteiger partial charge >= 0.3 is 5.97 Å². The van der Waals surface area contributed by atoms with E-state index in [1.807, 2.05) is 6.07 Å². The number of esters is 1. The maximum Gasteiger partial charge on any atom is 0.344 e. The average molecular weight is 630 g/mol. The Morgan fingerprint density at radius 1 is 0.930 bits per heavy atom. The third kappa shape index (κ3) is 9.01. The van der Waals surface area contributed by atoms with Gasteiger partial charge in [-0.3, -0.25) is 0 Å². The lowest BCUT2D eigenvalue weighted by molar-refractivity contribution is -0.145. The molecule has 0 saturated heterocycles. The molecule has 0 atom stereocenters. The number of nitrogens with zero attached hydrogens (tertiary/aromatic N) is 1. The maximum absolute atomic E-state index is 13.2. The van der Waals surface area contributed by atoms with Crippen LogP contribution in [-0.2, 0) is 36.0 Å². The number of carbonyl (C=O) groups excluding carboxylic acids is 1. The molecule has 230 valence electrons. The highest BCUT2D eigenvalue weighted by Gasteiger charge is 2.25. The molecule has 0 aromatic heterocycles. The Kier molecular flexibility index (Phi) is 10.9. The number of sulfonamides is 2. The highest BCUT2D eigenvalue weighted by atomic mass is 32.2. The van der Waals surface area contributed by atoms with E-state index in [1.54, 1.807) is 64.1 Å². The summed E-state index contributed by atoms with van der Waals surface area (Å²) in [5.41, 5.74) is 0.929. The van der Waals surface area contributed by atoms with E-state index >= 15 is 0 Å². The topological polar surface area (TPSA) is 161 Å². The molecule has 0 unspecified atom stereocenters. The molecule has 0 fully saturated rings. The van der Waals surface area contributed by atoms with Gasteiger partial charge in [0.25, 0.3) is 0 Å². The Labute approximate surface area is 252 Å². The summed E-state index contributed by atoms with van der Waals surface area (Å²) in [4.78, 5) is 11.9. The number of hydrogen-bond donors (Lipinski definition) is 2. The van der Waals surface area contributed by atoms with Gasteiger partial charge in [-0.25, -0.2) is 31.1 Å². The highest BCUT2D eigenvalue weighted by molar-refractivity contribution is 7.90. The summed E-state index contributed by atoms with van der Waals surface area (Å²) in [6.07, 6.45) is 0.156. The van der Waals surface area contributed by atoms with Crippen molar-refractivity contribution in [1.82, 2.24) is 9.44 Å². The second-order valence-electron chi connectivity index (χ2n) is 10.4. The fourth-order valence-corrected chi connectivity index (χ4v) is 7.03. The summed E-state index contributed by atoms with van der Waals surface area (Å²) >= 11 is 0. The number of benzene rings is 3. The third-order valence-electron chi connectivity index (χ3n) is 5.91. The molecule has 0 aliphatic heterocycles. The van der Waals surface area contributed by atoms with Gasteiger partial charge in [0.15, 0.2) is 6.61 Å². The average Bonchev–Trinajstić information content (AvgIpc) is 2.95. The first-order chi connectivity index (χ1) is 20.2. The maximum atomic E-state index is 13.2. The Morgan fingerprint density at radius 2 is 1.65 bits per heavy atom. The second-order valence-corrected chi connectivity index (χ2v) is 13.8. The summed E-state index contributed by atoms with van der Waals surface area (Å²) in [7, 11) is -6.62. The number of rotatable bonds is 13. The van der Waals surface area contributed by atoms with E-state index < -0.39 is 38.2 Å². The molecule has 13 heteroatoms. The van der Waals surface area contributed by atoms with E-state index in [-0.39, 0.29) is 46.4 Å². The Hall–Kier alpha value is -3.96. The van der Waals surface area contributed by atoms with Crippen LogP contribution in [-0.4, -0.2) is 55.2 Å². The normalized spacial score (nSPS) is 11.9. The van der Waals surface area contributed by atoms with Crippen LogP contribution in [0.1, 0.15) is 38.8 Å². The molecule has 0 heterocycles. The van der Waals surface area contributed by atoms with Gasteiger partial charge in [-0.1, -0.05) is 30.3 Å². The van der Waals surface area contributed by atoms with Gasteiger partial charge in [0.05, 0.1) is 30.2 Å². The van der Waals surface area contributed by atoms with Crippen LogP contribution in [0.25, 0.3) is 11.1 Å². The number of carbonyl (C=O) groups is 1. The van der Waals surface area contributed by atoms with Crippen molar-refractivity contribution in [2.75, 3.05) is 26.9 Å². The van der Waals surface area contributed by atoms with Gasteiger partial charge in [0.2, 0.25) is 20.0 Å². The van der Waals surface area contributed by atoms with E-state index in [0.717, 1.165) is 0 Å². The molecule has 0 amide bonds. The lowest BCUT2D eigenvalue weighted by Gasteiger charge is -2.22. The molecule has 3 aromatic rings. The van der Waals surface area contributed by atoms with Crippen molar-refractivity contribution in [2.24, 2.45) is 0 Å². The zero-order valence-corrected chi connectivity index (χ0v) is 26.3. The molecule has 0 saturated carbocycles. The van der Waals surface area contributed by atoms with E-state index in [4.69, 9.17) is 14.2 Å². The van der Waals surface area contributed by atoms with Crippen molar-refractivity contribution in [2.45, 2.75) is 49.4 Å². The minimum atomic E-state index is -4.05. The minimum absolute atomic E-state index is 0.0577. The zero-order chi connectivity index (χ0) is 31.8. The molecular weight excluding hydrogens is 594 g/mol. The van der Waals surface area contributed by atoms with Crippen LogP contribution in [0.2, 0.25) is 0 Å². The van der Waals surface area contributed by atoms with E-state index in [2.05, 4.69) is 9.44 Å². The van der Waals surface area contributed by atoms with Crippen molar-refractivity contribution in [3.63, 3.8) is 0 Å². The van der Waals surface area contributed by atoms with Gasteiger partial charge < -0.3 is 14.2 Å². The minimum Gasteiger partial charge on any atom is -0.495 e. The van der Waals surface area contributed by atoms with Crippen LogP contribution in [0.5, 0.6) is 11.5 Å². The van der Waals surface area contributed by atoms with Crippen LogP contribution >= 0.6 is 0 Å². The van der Waals surface area contributed by atoms with Gasteiger partial charge in [0.1, 0.15) is 16.4 Å². The zero-order valence-electron chi connectivity index (χ0n) is 24.6. The summed E-state index contributed by atoms with van der Waals surface area (Å²) < 4.78 is 73.6. The molecule has 2 N–H and O–H groups in total. The quantitative estimate of drug-likeness (QED) is 0.268. The van der Waals surface area contributed by atoms with Crippen molar-refractivity contribution in [3.05, 3.63) is 71.8 Å². The summed E-state index contributed by atoms with van der Waals surface area (Å²) in [6, 6.07) is 17.5. The lowest BCUT2D eigenvalue weighted by atomic mass is 10.0. The fourth-order valence-electron chi connectivity index (χ4n) is 4.15. The second kappa shape index (κ2) is 14.0. The largest absolute Gasteiger partial charge is 0.495 e. The molecule has 3 aromatic carbocycles. The summed E-state index contributed by atoms with van der Waals surface area (Å²) in [5, 5.41) is 9.20. The molecule has 0 bridgehead atoms. The summed E-state index contributed by atoms with van der Waals surface area (Å²) in [6.45, 7) is 6.60. The first kappa shape index (κ1) is 33.5. The molecule has 0 aliphatic rings. The first-order valence-corrected chi connectivity index (χ1v) is 16.3. The van der Waals surface area contributed by atoms with Gasteiger partial charge in [-0.05, 0) is 75.6 Å². The van der Waals surface area contributed by atoms with Gasteiger partial charge in [-0.15, -0.1) is 0 Å². The Bertz CT molecular complexity index is 1720. The number of methoxy groups -OCH3 is 1. The molecule has 0 spiro atoms. The monoisotopic (exact) mass is 629 g/mol. The standard InChI is InChI=1S/C30H35N3O8S2/c1-6-40-29(34)20-41-26-18-23(24-9-7-8-10-27(24)43(37,38)33-30(2,3)4)13-12-22(26)15-16-32-42(35,36)28-17-21(19-31)11-14-25(28)39-5/h7-14,17-18,32-33H,6,15-16,20H2,1-5H3. The van der Waals surface area contributed by atoms with Crippen LogP contribution in [0.15, 0.2) is 70.5 Å². The van der Waals surface area contributed by atoms with Crippen LogP contribution in [0.4, 0.5) is 0 Å². The highest BCUT2D eigenvalue weighted by Crippen LogP contribution is 2.33. The Balaban J connectivity index is 1.95. The third-order valence-corrected chi connectivity index (χ3v) is 9.21. The van der Waals surface area contributed by atoms with Gasteiger partial charge in [-0.2, -0.15) is 5.26 Å². The number of nitrogens with one attached hydrogen (secondary N) is 2. The van der Waals surface area contributed by atoms with Crippen molar-refractivity contribution < 1.29 is 35.8 Å². The molecule has 0 aliphatic carbocycles. The summed E-state index contributed by atoms with van der Waals surface area (Å²) in [5.74, 6) is -0.255. The van der Waals surface area contributed by atoms with Crippen LogP contribution in [0, 0.1) is 11.3 Å². The van der Waals surface area contributed by atoms with Crippen molar-refractivity contribution in [3.8, 4) is 28.7 Å². The van der Waals surface area contributed by atoms with Crippen molar-refractivity contribution in [1.29, 1.82) is 5.26 Å². The van der Waals surface area contributed by atoms with E-state index in [0.29, 0.717) is 16.7 Å². The number of hydrogen-bond acceptors (Lipinski definition) is 9. The van der Waals surface area contributed by atoms with E-state index in [1.165, 1.54) is 31.4 Å². The molecular formula is C30H35N3O8S2. The van der Waals surface area contributed by atoms with Crippen molar-refractivity contribution >= 4 is 26.0 Å². The fraction of sp³-hybridized carbons (Fsp3) is 0.333. The SMILES string of the molecule is CCOC(=O)COc1cc(-c2ccccc2S(=O)(=O)NC(C)(C)C)ccc1CCNS(=O)(=O)c1cc(C#N)ccc1OC. The Morgan fingerprint density at radius 3 is 2.30 bits per heavy atom. The predicted molar refractivity (Wildman–Crippen MR) is 161 cm³/mol. The molecule has 11 nitrogen and oxygen atoms in total. The van der Waals surface area contributed by atoms with Crippen LogP contribution in [0.3, 0.4) is 0 Å². The predicted octanol–water partition coefficient (Wildman–Crippen LogP) is 3.77. The smallest absolute Gasteiger partial charge is 0.344 e. The molecule has 3 rings (SSSR count). The molecule has 0 radical (unpaired) electrons. The first-order valence-electron chi connectivity index (χ1n) is 13.3.